The summed E-state index contributed by atoms with van der Waals surface area (Å²) in [6.07, 6.45) is 0. The van der Waals surface area contributed by atoms with Gasteiger partial charge in [0.1, 0.15) is 23.4 Å². The predicted molar refractivity (Wildman–Crippen MR) is 77.2 cm³/mol. The standard InChI is InChI=1S/C16H18FNO3/c1-10(2)15(16(19)20)18-9-13-7-8-14(21-13)11-3-5-12(17)6-4-11/h3-8,10,15,18H,9H2,1-2H3,(H,19,20). The number of hydrogen-bond acceptors (Lipinski definition) is 3. The summed E-state index contributed by atoms with van der Waals surface area (Å²) in [6.45, 7) is 4.02. The molecule has 2 N–H and O–H groups in total. The van der Waals surface area contributed by atoms with Crippen LogP contribution in [0.15, 0.2) is 40.8 Å². The van der Waals surface area contributed by atoms with Crippen molar-refractivity contribution in [3.8, 4) is 11.3 Å². The van der Waals surface area contributed by atoms with Gasteiger partial charge in [0.25, 0.3) is 0 Å². The van der Waals surface area contributed by atoms with Crippen molar-refractivity contribution < 1.29 is 18.7 Å². The molecular formula is C16H18FNO3. The highest BCUT2D eigenvalue weighted by atomic mass is 19.1. The molecule has 1 aromatic carbocycles. The van der Waals surface area contributed by atoms with Gasteiger partial charge >= 0.3 is 5.97 Å². The molecule has 0 aliphatic rings. The Morgan fingerprint density at radius 2 is 1.90 bits per heavy atom. The minimum atomic E-state index is -0.879. The van der Waals surface area contributed by atoms with Crippen LogP contribution >= 0.6 is 0 Å². The Balaban J connectivity index is 2.03. The van der Waals surface area contributed by atoms with E-state index >= 15 is 0 Å². The smallest absolute Gasteiger partial charge is 0.320 e. The second-order valence-corrected chi connectivity index (χ2v) is 5.21. The number of rotatable bonds is 6. The molecule has 5 heteroatoms. The molecule has 0 saturated heterocycles. The van der Waals surface area contributed by atoms with Gasteiger partial charge in [-0.1, -0.05) is 13.8 Å². The van der Waals surface area contributed by atoms with Crippen molar-refractivity contribution in [1.82, 2.24) is 5.32 Å². The van der Waals surface area contributed by atoms with Gasteiger partial charge in [0.15, 0.2) is 0 Å². The van der Waals surface area contributed by atoms with Crippen molar-refractivity contribution in [2.75, 3.05) is 0 Å². The molecule has 21 heavy (non-hydrogen) atoms. The van der Waals surface area contributed by atoms with E-state index in [2.05, 4.69) is 5.32 Å². The van der Waals surface area contributed by atoms with Gasteiger partial charge in [0, 0.05) is 5.56 Å². The summed E-state index contributed by atoms with van der Waals surface area (Å²) in [7, 11) is 0. The maximum Gasteiger partial charge on any atom is 0.320 e. The lowest BCUT2D eigenvalue weighted by molar-refractivity contribution is -0.140. The number of hydrogen-bond donors (Lipinski definition) is 2. The van der Waals surface area contributed by atoms with Crippen LogP contribution in [0.3, 0.4) is 0 Å². The third-order valence-corrected chi connectivity index (χ3v) is 3.22. The topological polar surface area (TPSA) is 62.5 Å². The van der Waals surface area contributed by atoms with Crippen LogP contribution in [0.1, 0.15) is 19.6 Å². The van der Waals surface area contributed by atoms with Crippen molar-refractivity contribution >= 4 is 5.97 Å². The Kier molecular flexibility index (Phi) is 4.75. The van der Waals surface area contributed by atoms with E-state index in [1.807, 2.05) is 13.8 Å². The predicted octanol–water partition coefficient (Wildman–Crippen LogP) is 3.28. The van der Waals surface area contributed by atoms with Gasteiger partial charge in [-0.15, -0.1) is 0 Å². The largest absolute Gasteiger partial charge is 0.480 e. The van der Waals surface area contributed by atoms with Crippen LogP contribution in [0.2, 0.25) is 0 Å². The van der Waals surface area contributed by atoms with E-state index in [1.165, 1.54) is 12.1 Å². The zero-order valence-electron chi connectivity index (χ0n) is 12.0. The molecule has 112 valence electrons. The molecule has 0 aliphatic heterocycles. The molecule has 0 aliphatic carbocycles. The van der Waals surface area contributed by atoms with Crippen molar-refractivity contribution in [3.05, 3.63) is 48.0 Å². The highest BCUT2D eigenvalue weighted by Gasteiger charge is 2.20. The van der Waals surface area contributed by atoms with Crippen LogP contribution < -0.4 is 5.32 Å². The van der Waals surface area contributed by atoms with Crippen molar-refractivity contribution in [2.24, 2.45) is 5.92 Å². The van der Waals surface area contributed by atoms with Gasteiger partial charge in [0.05, 0.1) is 6.54 Å². The Bertz CT molecular complexity index is 604. The molecule has 0 bridgehead atoms. The maximum absolute atomic E-state index is 12.9. The molecule has 0 fully saturated rings. The number of benzene rings is 1. The van der Waals surface area contributed by atoms with E-state index < -0.39 is 12.0 Å². The second-order valence-electron chi connectivity index (χ2n) is 5.21. The fourth-order valence-corrected chi connectivity index (χ4v) is 2.06. The minimum absolute atomic E-state index is 0.0194. The number of carboxylic acids is 1. The summed E-state index contributed by atoms with van der Waals surface area (Å²) >= 11 is 0. The van der Waals surface area contributed by atoms with Gasteiger partial charge in [-0.25, -0.2) is 4.39 Å². The van der Waals surface area contributed by atoms with E-state index in [-0.39, 0.29) is 11.7 Å². The number of carbonyl (C=O) groups is 1. The molecule has 0 amide bonds. The highest BCUT2D eigenvalue weighted by Crippen LogP contribution is 2.22. The number of carboxylic acid groups (broad SMARTS) is 1. The summed E-state index contributed by atoms with van der Waals surface area (Å²) in [5.41, 5.74) is 0.779. The summed E-state index contributed by atoms with van der Waals surface area (Å²) in [5.74, 6) is 0.0715. The zero-order valence-corrected chi connectivity index (χ0v) is 12.0. The maximum atomic E-state index is 12.9. The molecule has 2 rings (SSSR count). The first-order valence-electron chi connectivity index (χ1n) is 6.78. The van der Waals surface area contributed by atoms with E-state index in [0.29, 0.717) is 18.1 Å². The SMILES string of the molecule is CC(C)C(NCc1ccc(-c2ccc(F)cc2)o1)C(=O)O. The quantitative estimate of drug-likeness (QED) is 0.857. The highest BCUT2D eigenvalue weighted by molar-refractivity contribution is 5.73. The van der Waals surface area contributed by atoms with Crippen LogP contribution in [0, 0.1) is 11.7 Å². The lowest BCUT2D eigenvalue weighted by Crippen LogP contribution is -2.40. The lowest BCUT2D eigenvalue weighted by atomic mass is 10.1. The van der Waals surface area contributed by atoms with Crippen LogP contribution in [-0.2, 0) is 11.3 Å². The third-order valence-electron chi connectivity index (χ3n) is 3.22. The fraction of sp³-hybridized carbons (Fsp3) is 0.312. The monoisotopic (exact) mass is 291 g/mol. The molecule has 1 heterocycles. The summed E-state index contributed by atoms with van der Waals surface area (Å²) < 4.78 is 18.5. The molecular weight excluding hydrogens is 273 g/mol. The lowest BCUT2D eigenvalue weighted by Gasteiger charge is -2.16. The van der Waals surface area contributed by atoms with E-state index in [9.17, 15) is 9.18 Å². The first-order valence-corrected chi connectivity index (χ1v) is 6.78. The summed E-state index contributed by atoms with van der Waals surface area (Å²) in [4.78, 5) is 11.1. The number of furan rings is 1. The van der Waals surface area contributed by atoms with Crippen LogP contribution in [0.5, 0.6) is 0 Å². The van der Waals surface area contributed by atoms with Crippen LogP contribution in [0.4, 0.5) is 4.39 Å². The zero-order chi connectivity index (χ0) is 15.4. The molecule has 1 unspecified atom stereocenters. The normalized spacial score (nSPS) is 12.6. The van der Waals surface area contributed by atoms with E-state index in [4.69, 9.17) is 9.52 Å². The number of aliphatic carboxylic acids is 1. The van der Waals surface area contributed by atoms with Gasteiger partial charge in [-0.05, 0) is 42.3 Å². The van der Waals surface area contributed by atoms with Crippen molar-refractivity contribution in [3.63, 3.8) is 0 Å². The van der Waals surface area contributed by atoms with Gasteiger partial charge in [0.2, 0.25) is 0 Å². The van der Waals surface area contributed by atoms with Crippen molar-refractivity contribution in [2.45, 2.75) is 26.4 Å². The van der Waals surface area contributed by atoms with Gasteiger partial charge in [-0.2, -0.15) is 0 Å². The average Bonchev–Trinajstić information content (AvgIpc) is 2.87. The van der Waals surface area contributed by atoms with Gasteiger partial charge in [-0.3, -0.25) is 10.1 Å². The van der Waals surface area contributed by atoms with Crippen molar-refractivity contribution in [1.29, 1.82) is 0 Å². The number of nitrogens with one attached hydrogen (secondary N) is 1. The average molecular weight is 291 g/mol. The first-order chi connectivity index (χ1) is 9.97. The fourth-order valence-electron chi connectivity index (χ4n) is 2.06. The van der Waals surface area contributed by atoms with E-state index in [1.54, 1.807) is 24.3 Å². The third kappa shape index (κ3) is 3.92. The minimum Gasteiger partial charge on any atom is -0.480 e. The number of halogens is 1. The molecule has 1 atom stereocenters. The molecule has 1 aromatic heterocycles. The molecule has 0 saturated carbocycles. The summed E-state index contributed by atoms with van der Waals surface area (Å²) in [6, 6.07) is 8.97. The molecule has 4 nitrogen and oxygen atoms in total. The van der Waals surface area contributed by atoms with E-state index in [0.717, 1.165) is 5.56 Å². The Labute approximate surface area is 122 Å². The molecule has 2 aromatic rings. The summed E-state index contributed by atoms with van der Waals surface area (Å²) in [5, 5.41) is 12.1. The van der Waals surface area contributed by atoms with Crippen LogP contribution in [-0.4, -0.2) is 17.1 Å². The molecule has 0 radical (unpaired) electrons. The molecule has 0 spiro atoms. The Morgan fingerprint density at radius 3 is 2.48 bits per heavy atom. The van der Waals surface area contributed by atoms with Crippen LogP contribution in [0.25, 0.3) is 11.3 Å². The Morgan fingerprint density at radius 1 is 1.24 bits per heavy atom. The first kappa shape index (κ1) is 15.3. The Hall–Kier alpha value is -2.14. The second kappa shape index (κ2) is 6.54. The van der Waals surface area contributed by atoms with Gasteiger partial charge < -0.3 is 9.52 Å².